The molecule has 0 aliphatic carbocycles. The molecule has 0 radical (unpaired) electrons. The fourth-order valence-corrected chi connectivity index (χ4v) is 2.86. The van der Waals surface area contributed by atoms with E-state index >= 15 is 0 Å². The highest BCUT2D eigenvalue weighted by Crippen LogP contribution is 2.19. The Kier molecular flexibility index (Phi) is 5.77. The average Bonchev–Trinajstić information content (AvgIpc) is 2.50. The summed E-state index contributed by atoms with van der Waals surface area (Å²) in [7, 11) is 3.93. The number of ether oxygens (including phenoxy) is 1. The van der Waals surface area contributed by atoms with Gasteiger partial charge >= 0.3 is 0 Å². The molecular formula is C17H27N3O2. The summed E-state index contributed by atoms with van der Waals surface area (Å²) in [5.41, 5.74) is 1.13. The van der Waals surface area contributed by atoms with Crippen LogP contribution in [-0.2, 0) is 4.79 Å². The lowest BCUT2D eigenvalue weighted by atomic mass is 10.1. The minimum atomic E-state index is -0.0174. The number of likely N-dealkylation sites (N-methyl/N-ethyl adjacent to an activating group) is 1. The number of aromatic nitrogens is 1. The fourth-order valence-electron chi connectivity index (χ4n) is 2.86. The van der Waals surface area contributed by atoms with Crippen LogP contribution in [0.4, 0.5) is 0 Å². The molecule has 0 unspecified atom stereocenters. The van der Waals surface area contributed by atoms with Crippen molar-refractivity contribution in [2.45, 2.75) is 45.3 Å². The lowest BCUT2D eigenvalue weighted by Gasteiger charge is -2.35. The zero-order valence-corrected chi connectivity index (χ0v) is 14.1. The van der Waals surface area contributed by atoms with Gasteiger partial charge in [0.15, 0.2) is 0 Å². The van der Waals surface area contributed by atoms with Crippen molar-refractivity contribution in [1.82, 2.24) is 14.8 Å². The van der Waals surface area contributed by atoms with Gasteiger partial charge in [-0.25, -0.2) is 4.98 Å². The number of hydrogen-bond acceptors (Lipinski definition) is 4. The molecule has 0 N–H and O–H groups in total. The summed E-state index contributed by atoms with van der Waals surface area (Å²) in [4.78, 5) is 20.8. The van der Waals surface area contributed by atoms with E-state index in [4.69, 9.17) is 4.74 Å². The van der Waals surface area contributed by atoms with Crippen molar-refractivity contribution in [1.29, 1.82) is 0 Å². The molecule has 2 heterocycles. The number of nitrogens with zero attached hydrogens (tertiary/aromatic N) is 3. The topological polar surface area (TPSA) is 45.7 Å². The van der Waals surface area contributed by atoms with Gasteiger partial charge in [-0.15, -0.1) is 0 Å². The molecule has 0 aromatic carbocycles. The number of hydrogen-bond donors (Lipinski definition) is 0. The summed E-state index contributed by atoms with van der Waals surface area (Å²) in [6.45, 7) is 5.59. The van der Waals surface area contributed by atoms with E-state index in [0.29, 0.717) is 5.88 Å². The second kappa shape index (κ2) is 7.58. The molecule has 1 saturated heterocycles. The van der Waals surface area contributed by atoms with E-state index in [9.17, 15) is 4.79 Å². The average molecular weight is 305 g/mol. The van der Waals surface area contributed by atoms with E-state index in [1.165, 1.54) is 0 Å². The van der Waals surface area contributed by atoms with E-state index in [2.05, 4.69) is 11.9 Å². The first-order chi connectivity index (χ1) is 10.5. The maximum absolute atomic E-state index is 12.5. The molecule has 1 aliphatic rings. The Morgan fingerprint density at radius 1 is 1.41 bits per heavy atom. The van der Waals surface area contributed by atoms with E-state index in [-0.39, 0.29) is 18.1 Å². The van der Waals surface area contributed by atoms with Crippen LogP contribution in [0.25, 0.3) is 0 Å². The third-order valence-electron chi connectivity index (χ3n) is 4.22. The molecular weight excluding hydrogens is 278 g/mol. The van der Waals surface area contributed by atoms with Crippen LogP contribution in [0.2, 0.25) is 0 Å². The van der Waals surface area contributed by atoms with Gasteiger partial charge in [-0.2, -0.15) is 0 Å². The second-order valence-corrected chi connectivity index (χ2v) is 6.20. The third-order valence-corrected chi connectivity index (χ3v) is 4.22. The standard InChI is InChI=1S/C17H27N3O2/c1-5-15(19(3)4)17(21)20-10-8-14(9-11-20)22-16-7-6-13(2)12-18-16/h6-7,12,14-15H,5,8-11H2,1-4H3/t15-/m0/s1. The van der Waals surface area contributed by atoms with Crippen molar-refractivity contribution in [3.05, 3.63) is 23.9 Å². The minimum absolute atomic E-state index is 0.0174. The minimum Gasteiger partial charge on any atom is -0.474 e. The molecule has 2 rings (SSSR count). The van der Waals surface area contributed by atoms with E-state index < -0.39 is 0 Å². The van der Waals surface area contributed by atoms with Crippen LogP contribution in [0, 0.1) is 6.92 Å². The van der Waals surface area contributed by atoms with Crippen LogP contribution >= 0.6 is 0 Å². The molecule has 1 aliphatic heterocycles. The Morgan fingerprint density at radius 2 is 2.09 bits per heavy atom. The molecule has 1 fully saturated rings. The predicted molar refractivity (Wildman–Crippen MR) is 87.0 cm³/mol. The summed E-state index contributed by atoms with van der Waals surface area (Å²) in [6, 6.07) is 3.90. The first-order valence-corrected chi connectivity index (χ1v) is 8.05. The predicted octanol–water partition coefficient (Wildman–Crippen LogP) is 2.10. The molecule has 1 amide bonds. The molecule has 122 valence electrons. The Morgan fingerprint density at radius 3 is 2.59 bits per heavy atom. The molecule has 1 aromatic heterocycles. The number of likely N-dealkylation sites (tertiary alicyclic amines) is 1. The maximum atomic E-state index is 12.5. The quantitative estimate of drug-likeness (QED) is 0.836. The van der Waals surface area contributed by atoms with Crippen LogP contribution in [0.3, 0.4) is 0 Å². The van der Waals surface area contributed by atoms with Gasteiger partial charge < -0.3 is 9.64 Å². The fraction of sp³-hybridized carbons (Fsp3) is 0.647. The maximum Gasteiger partial charge on any atom is 0.239 e. The van der Waals surface area contributed by atoms with Gasteiger partial charge in [-0.05, 0) is 33.0 Å². The van der Waals surface area contributed by atoms with Crippen LogP contribution < -0.4 is 4.74 Å². The van der Waals surface area contributed by atoms with Crippen molar-refractivity contribution in [2.24, 2.45) is 0 Å². The molecule has 0 saturated carbocycles. The van der Waals surface area contributed by atoms with Gasteiger partial charge in [-0.1, -0.05) is 13.0 Å². The zero-order chi connectivity index (χ0) is 16.1. The third kappa shape index (κ3) is 4.19. The Bertz CT molecular complexity index is 479. The van der Waals surface area contributed by atoms with E-state index in [1.807, 2.05) is 49.1 Å². The van der Waals surface area contributed by atoms with Gasteiger partial charge in [0.05, 0.1) is 6.04 Å². The van der Waals surface area contributed by atoms with Crippen LogP contribution in [0.15, 0.2) is 18.3 Å². The molecule has 0 spiro atoms. The van der Waals surface area contributed by atoms with E-state index in [1.54, 1.807) is 0 Å². The lowest BCUT2D eigenvalue weighted by Crippen LogP contribution is -2.49. The van der Waals surface area contributed by atoms with Crippen LogP contribution in [0.1, 0.15) is 31.7 Å². The Hall–Kier alpha value is -1.62. The molecule has 1 atom stereocenters. The smallest absolute Gasteiger partial charge is 0.239 e. The molecule has 5 heteroatoms. The molecule has 22 heavy (non-hydrogen) atoms. The largest absolute Gasteiger partial charge is 0.474 e. The van der Waals surface area contributed by atoms with Crippen molar-refractivity contribution < 1.29 is 9.53 Å². The highest BCUT2D eigenvalue weighted by molar-refractivity contribution is 5.81. The van der Waals surface area contributed by atoms with Gasteiger partial charge in [0.25, 0.3) is 0 Å². The summed E-state index contributed by atoms with van der Waals surface area (Å²) >= 11 is 0. The number of carbonyl (C=O) groups excluding carboxylic acids is 1. The summed E-state index contributed by atoms with van der Waals surface area (Å²) in [5, 5.41) is 0. The molecule has 5 nitrogen and oxygen atoms in total. The Balaban J connectivity index is 1.85. The summed E-state index contributed by atoms with van der Waals surface area (Å²) in [5.74, 6) is 0.912. The molecule has 1 aromatic rings. The Labute approximate surface area is 133 Å². The van der Waals surface area contributed by atoms with Crippen molar-refractivity contribution >= 4 is 5.91 Å². The van der Waals surface area contributed by atoms with Crippen molar-refractivity contribution in [3.63, 3.8) is 0 Å². The summed E-state index contributed by atoms with van der Waals surface area (Å²) in [6.07, 6.45) is 4.54. The van der Waals surface area contributed by atoms with Gasteiger partial charge in [0.1, 0.15) is 6.10 Å². The van der Waals surface area contributed by atoms with Gasteiger partial charge in [0.2, 0.25) is 11.8 Å². The number of piperidine rings is 1. The normalized spacial score (nSPS) is 17.6. The zero-order valence-electron chi connectivity index (χ0n) is 14.1. The van der Waals surface area contributed by atoms with Crippen molar-refractivity contribution in [3.8, 4) is 5.88 Å². The number of aryl methyl sites for hydroxylation is 1. The second-order valence-electron chi connectivity index (χ2n) is 6.20. The van der Waals surface area contributed by atoms with Crippen molar-refractivity contribution in [2.75, 3.05) is 27.2 Å². The number of amides is 1. The van der Waals surface area contributed by atoms with Gasteiger partial charge in [0, 0.05) is 38.2 Å². The lowest BCUT2D eigenvalue weighted by molar-refractivity contribution is -0.138. The SMILES string of the molecule is CC[C@@H](C(=O)N1CCC(Oc2ccc(C)cn2)CC1)N(C)C. The van der Waals surface area contributed by atoms with Crippen LogP contribution in [0.5, 0.6) is 5.88 Å². The monoisotopic (exact) mass is 305 g/mol. The first-order valence-electron chi connectivity index (χ1n) is 8.05. The number of carbonyl (C=O) groups is 1. The van der Waals surface area contributed by atoms with Gasteiger partial charge in [-0.3, -0.25) is 9.69 Å². The molecule has 0 bridgehead atoms. The van der Waals surface area contributed by atoms with E-state index in [0.717, 1.165) is 37.9 Å². The number of rotatable bonds is 5. The highest BCUT2D eigenvalue weighted by Gasteiger charge is 2.29. The van der Waals surface area contributed by atoms with Crippen LogP contribution in [-0.4, -0.2) is 60.0 Å². The number of pyridine rings is 1. The highest BCUT2D eigenvalue weighted by atomic mass is 16.5. The first kappa shape index (κ1) is 16.7. The summed E-state index contributed by atoms with van der Waals surface area (Å²) < 4.78 is 5.91.